The third kappa shape index (κ3) is 4.77. The standard InChI is InChI=1S/C15H21N3O2S/c1-18(13-5-7-20-8-6-13)10-14(19)17-12-4-2-3-11(9-12)15(16)21/h2-4,9,13H,5-8,10H2,1H3,(H2,16,21)(H,17,19). The van der Waals surface area contributed by atoms with Gasteiger partial charge in [-0.2, -0.15) is 0 Å². The molecule has 0 unspecified atom stereocenters. The van der Waals surface area contributed by atoms with Gasteiger partial charge in [-0.25, -0.2) is 0 Å². The first-order valence-corrected chi connectivity index (χ1v) is 7.45. The Kier molecular flexibility index (Phi) is 5.67. The van der Waals surface area contributed by atoms with Crippen molar-refractivity contribution in [2.75, 3.05) is 32.1 Å². The van der Waals surface area contributed by atoms with Gasteiger partial charge in [0.15, 0.2) is 0 Å². The number of benzene rings is 1. The number of rotatable bonds is 5. The highest BCUT2D eigenvalue weighted by Gasteiger charge is 2.20. The number of hydrogen-bond donors (Lipinski definition) is 2. The Balaban J connectivity index is 1.89. The zero-order chi connectivity index (χ0) is 15.2. The van der Waals surface area contributed by atoms with Crippen molar-refractivity contribution in [2.45, 2.75) is 18.9 Å². The third-order valence-electron chi connectivity index (χ3n) is 3.64. The minimum Gasteiger partial charge on any atom is -0.389 e. The fourth-order valence-corrected chi connectivity index (χ4v) is 2.56. The van der Waals surface area contributed by atoms with Crippen LogP contribution in [0.5, 0.6) is 0 Å². The monoisotopic (exact) mass is 307 g/mol. The lowest BCUT2D eigenvalue weighted by molar-refractivity contribution is -0.118. The number of carbonyl (C=O) groups excluding carboxylic acids is 1. The summed E-state index contributed by atoms with van der Waals surface area (Å²) in [7, 11) is 1.97. The summed E-state index contributed by atoms with van der Waals surface area (Å²) in [4.78, 5) is 14.5. The SMILES string of the molecule is CN(CC(=O)Nc1cccc(C(N)=S)c1)C1CCOCC1. The summed E-state index contributed by atoms with van der Waals surface area (Å²) >= 11 is 4.94. The molecule has 0 aliphatic carbocycles. The van der Waals surface area contributed by atoms with Gasteiger partial charge in [-0.05, 0) is 32.0 Å². The molecule has 0 atom stereocenters. The van der Waals surface area contributed by atoms with Gasteiger partial charge in [0.25, 0.3) is 0 Å². The maximum Gasteiger partial charge on any atom is 0.238 e. The van der Waals surface area contributed by atoms with Crippen LogP contribution < -0.4 is 11.1 Å². The molecule has 1 aliphatic rings. The predicted molar refractivity (Wildman–Crippen MR) is 87.4 cm³/mol. The molecule has 21 heavy (non-hydrogen) atoms. The number of nitrogens with zero attached hydrogens (tertiary/aromatic N) is 1. The highest BCUT2D eigenvalue weighted by molar-refractivity contribution is 7.80. The van der Waals surface area contributed by atoms with Gasteiger partial charge in [-0.3, -0.25) is 9.69 Å². The Hall–Kier alpha value is -1.50. The number of amides is 1. The van der Waals surface area contributed by atoms with Crippen molar-refractivity contribution in [3.63, 3.8) is 0 Å². The number of nitrogens with one attached hydrogen (secondary N) is 1. The molecule has 5 nitrogen and oxygen atoms in total. The van der Waals surface area contributed by atoms with E-state index in [-0.39, 0.29) is 5.91 Å². The highest BCUT2D eigenvalue weighted by Crippen LogP contribution is 2.14. The van der Waals surface area contributed by atoms with Crippen LogP contribution in [0.4, 0.5) is 5.69 Å². The number of thiocarbonyl (C=S) groups is 1. The number of nitrogens with two attached hydrogens (primary N) is 1. The van der Waals surface area contributed by atoms with Crippen LogP contribution in [-0.2, 0) is 9.53 Å². The molecule has 0 aromatic heterocycles. The lowest BCUT2D eigenvalue weighted by Crippen LogP contribution is -2.41. The lowest BCUT2D eigenvalue weighted by Gasteiger charge is -2.30. The molecule has 3 N–H and O–H groups in total. The Bertz CT molecular complexity index is 515. The summed E-state index contributed by atoms with van der Waals surface area (Å²) in [6.45, 7) is 1.90. The molecular weight excluding hydrogens is 286 g/mol. The van der Waals surface area contributed by atoms with Crippen LogP contribution in [0, 0.1) is 0 Å². The van der Waals surface area contributed by atoms with Crippen LogP contribution in [-0.4, -0.2) is 48.6 Å². The fourth-order valence-electron chi connectivity index (χ4n) is 2.43. The minimum atomic E-state index is -0.0379. The number of ether oxygens (including phenoxy) is 1. The van der Waals surface area contributed by atoms with E-state index >= 15 is 0 Å². The van der Waals surface area contributed by atoms with Crippen molar-refractivity contribution < 1.29 is 9.53 Å². The summed E-state index contributed by atoms with van der Waals surface area (Å²) in [6, 6.07) is 7.67. The normalized spacial score (nSPS) is 15.9. The summed E-state index contributed by atoms with van der Waals surface area (Å²) < 4.78 is 5.33. The second kappa shape index (κ2) is 7.49. The van der Waals surface area contributed by atoms with Crippen LogP contribution in [0.25, 0.3) is 0 Å². The van der Waals surface area contributed by atoms with Crippen molar-refractivity contribution in [2.24, 2.45) is 5.73 Å². The molecule has 1 fully saturated rings. The first-order valence-electron chi connectivity index (χ1n) is 7.04. The van der Waals surface area contributed by atoms with Gasteiger partial charge in [-0.15, -0.1) is 0 Å². The van der Waals surface area contributed by atoms with Gasteiger partial charge in [0, 0.05) is 30.5 Å². The van der Waals surface area contributed by atoms with E-state index in [1.807, 2.05) is 25.2 Å². The van der Waals surface area contributed by atoms with E-state index in [1.165, 1.54) is 0 Å². The van der Waals surface area contributed by atoms with Crippen molar-refractivity contribution in [1.29, 1.82) is 0 Å². The number of likely N-dealkylation sites (N-methyl/N-ethyl adjacent to an activating group) is 1. The van der Waals surface area contributed by atoms with E-state index in [9.17, 15) is 4.79 Å². The first kappa shape index (κ1) is 15.9. The minimum absolute atomic E-state index is 0.0379. The van der Waals surface area contributed by atoms with Crippen LogP contribution >= 0.6 is 12.2 Å². The third-order valence-corrected chi connectivity index (χ3v) is 3.87. The molecule has 0 radical (unpaired) electrons. The van der Waals surface area contributed by atoms with Gasteiger partial charge < -0.3 is 15.8 Å². The van der Waals surface area contributed by atoms with Crippen LogP contribution in [0.3, 0.4) is 0 Å². The Morgan fingerprint density at radius 3 is 2.86 bits per heavy atom. The highest BCUT2D eigenvalue weighted by atomic mass is 32.1. The average Bonchev–Trinajstić information content (AvgIpc) is 2.48. The lowest BCUT2D eigenvalue weighted by atomic mass is 10.1. The second-order valence-electron chi connectivity index (χ2n) is 5.25. The Labute approximate surface area is 130 Å². The van der Waals surface area contributed by atoms with E-state index in [0.29, 0.717) is 23.3 Å². The zero-order valence-corrected chi connectivity index (χ0v) is 13.0. The quantitative estimate of drug-likeness (QED) is 0.804. The molecule has 1 saturated heterocycles. The maximum absolute atomic E-state index is 12.1. The summed E-state index contributed by atoms with van der Waals surface area (Å²) in [5.74, 6) is -0.0379. The molecule has 1 amide bonds. The molecular formula is C15H21N3O2S. The summed E-state index contributed by atoms with van der Waals surface area (Å²) in [6.07, 6.45) is 1.95. The van der Waals surface area contributed by atoms with Crippen molar-refractivity contribution in [3.05, 3.63) is 29.8 Å². The number of hydrogen-bond acceptors (Lipinski definition) is 4. The van der Waals surface area contributed by atoms with Gasteiger partial charge in [-0.1, -0.05) is 24.4 Å². The fraction of sp³-hybridized carbons (Fsp3) is 0.467. The molecule has 1 aliphatic heterocycles. The average molecular weight is 307 g/mol. The van der Waals surface area contributed by atoms with E-state index in [4.69, 9.17) is 22.7 Å². The van der Waals surface area contributed by atoms with Crippen molar-refractivity contribution in [3.8, 4) is 0 Å². The molecule has 1 aromatic carbocycles. The molecule has 0 bridgehead atoms. The predicted octanol–water partition coefficient (Wildman–Crippen LogP) is 1.37. The zero-order valence-electron chi connectivity index (χ0n) is 12.2. The molecule has 2 rings (SSSR count). The summed E-state index contributed by atoms with van der Waals surface area (Å²) in [5, 5.41) is 2.88. The maximum atomic E-state index is 12.1. The van der Waals surface area contributed by atoms with E-state index in [1.54, 1.807) is 6.07 Å². The van der Waals surface area contributed by atoms with Gasteiger partial charge >= 0.3 is 0 Å². The molecule has 6 heteroatoms. The summed E-state index contributed by atoms with van der Waals surface area (Å²) in [5.41, 5.74) is 7.05. The van der Waals surface area contributed by atoms with Gasteiger partial charge in [0.2, 0.25) is 5.91 Å². The molecule has 1 aromatic rings. The van der Waals surface area contributed by atoms with Crippen LogP contribution in [0.1, 0.15) is 18.4 Å². The van der Waals surface area contributed by atoms with E-state index in [2.05, 4.69) is 10.2 Å². The smallest absolute Gasteiger partial charge is 0.238 e. The van der Waals surface area contributed by atoms with E-state index < -0.39 is 0 Å². The largest absolute Gasteiger partial charge is 0.389 e. The Morgan fingerprint density at radius 2 is 2.19 bits per heavy atom. The molecule has 114 valence electrons. The van der Waals surface area contributed by atoms with Gasteiger partial charge in [0.05, 0.1) is 6.54 Å². The van der Waals surface area contributed by atoms with E-state index in [0.717, 1.165) is 31.6 Å². The van der Waals surface area contributed by atoms with Crippen LogP contribution in [0.2, 0.25) is 0 Å². The Morgan fingerprint density at radius 1 is 1.48 bits per heavy atom. The molecule has 0 spiro atoms. The molecule has 1 heterocycles. The topological polar surface area (TPSA) is 67.6 Å². The second-order valence-corrected chi connectivity index (χ2v) is 5.69. The molecule has 0 saturated carbocycles. The van der Waals surface area contributed by atoms with Crippen LogP contribution in [0.15, 0.2) is 24.3 Å². The van der Waals surface area contributed by atoms with Crippen molar-refractivity contribution >= 4 is 28.8 Å². The number of anilines is 1. The first-order chi connectivity index (χ1) is 10.1. The number of carbonyl (C=O) groups is 1. The van der Waals surface area contributed by atoms with Gasteiger partial charge in [0.1, 0.15) is 4.99 Å². The van der Waals surface area contributed by atoms with Crippen molar-refractivity contribution in [1.82, 2.24) is 4.90 Å².